The number of carbonyl (C=O) groups is 4. The summed E-state index contributed by atoms with van der Waals surface area (Å²) in [6.07, 6.45) is 3.03. The van der Waals surface area contributed by atoms with E-state index >= 15 is 0 Å². The number of anilines is 2. The molecule has 0 aromatic heterocycles. The summed E-state index contributed by atoms with van der Waals surface area (Å²) >= 11 is 0. The highest BCUT2D eigenvalue weighted by atomic mass is 16.5. The molecule has 3 fully saturated rings. The third kappa shape index (κ3) is 3.93. The lowest BCUT2D eigenvalue weighted by atomic mass is 9.81. The van der Waals surface area contributed by atoms with Crippen LogP contribution < -0.4 is 15.0 Å². The second kappa shape index (κ2) is 8.93. The Hall–Kier alpha value is -3.68. The first-order valence-electron chi connectivity index (χ1n) is 11.6. The second-order valence-electron chi connectivity index (χ2n) is 9.03. The minimum absolute atomic E-state index is 0.122. The molecule has 4 atom stereocenters. The van der Waals surface area contributed by atoms with Crippen LogP contribution in [0.1, 0.15) is 36.5 Å². The van der Waals surface area contributed by atoms with E-state index in [0.717, 1.165) is 19.3 Å². The molecule has 2 aromatic rings. The standard InChI is InChI=1S/C26H26N2O6/c1-2-33-20-11-7-18(8-12-20)27-21(29)14-34-26(32)15-5-9-19(10-6-15)28-24(30)22-16-3-4-17(13-16)23(22)25(28)31/h5-12,16-17,22-23H,2-4,13-14H2,1H3,(H,27,29)/t16-,17-,22-,23-/m0/s1. The van der Waals surface area contributed by atoms with Crippen LogP contribution >= 0.6 is 0 Å². The minimum Gasteiger partial charge on any atom is -0.494 e. The van der Waals surface area contributed by atoms with Gasteiger partial charge in [0.15, 0.2) is 6.61 Å². The van der Waals surface area contributed by atoms with E-state index < -0.39 is 18.5 Å². The van der Waals surface area contributed by atoms with Gasteiger partial charge in [0, 0.05) is 5.69 Å². The summed E-state index contributed by atoms with van der Waals surface area (Å²) in [5.74, 6) is -0.422. The van der Waals surface area contributed by atoms with Gasteiger partial charge in [-0.1, -0.05) is 0 Å². The molecular weight excluding hydrogens is 436 g/mol. The van der Waals surface area contributed by atoms with Crippen LogP contribution in [-0.4, -0.2) is 36.9 Å². The molecule has 3 amide bonds. The molecule has 1 heterocycles. The van der Waals surface area contributed by atoms with Crippen LogP contribution in [0.2, 0.25) is 0 Å². The molecule has 34 heavy (non-hydrogen) atoms. The average molecular weight is 463 g/mol. The van der Waals surface area contributed by atoms with Crippen LogP contribution in [0, 0.1) is 23.7 Å². The monoisotopic (exact) mass is 462 g/mol. The van der Waals surface area contributed by atoms with Crippen LogP contribution in [0.15, 0.2) is 48.5 Å². The van der Waals surface area contributed by atoms with Crippen molar-refractivity contribution in [2.45, 2.75) is 26.2 Å². The highest BCUT2D eigenvalue weighted by Gasteiger charge is 2.61. The molecule has 2 aromatic carbocycles. The average Bonchev–Trinajstić information content (AvgIpc) is 3.53. The second-order valence-corrected chi connectivity index (χ2v) is 9.03. The van der Waals surface area contributed by atoms with Gasteiger partial charge in [-0.05, 0) is 86.6 Å². The van der Waals surface area contributed by atoms with Gasteiger partial charge < -0.3 is 14.8 Å². The number of benzene rings is 2. The van der Waals surface area contributed by atoms with Crippen molar-refractivity contribution in [1.82, 2.24) is 0 Å². The van der Waals surface area contributed by atoms with Crippen LogP contribution in [0.5, 0.6) is 5.75 Å². The van der Waals surface area contributed by atoms with Gasteiger partial charge >= 0.3 is 5.97 Å². The highest BCUT2D eigenvalue weighted by Crippen LogP contribution is 2.56. The van der Waals surface area contributed by atoms with Gasteiger partial charge in [0.05, 0.1) is 29.7 Å². The van der Waals surface area contributed by atoms with Gasteiger partial charge in [-0.25, -0.2) is 4.79 Å². The van der Waals surface area contributed by atoms with Crippen molar-refractivity contribution in [3.05, 3.63) is 54.1 Å². The van der Waals surface area contributed by atoms with E-state index in [0.29, 0.717) is 35.6 Å². The molecule has 176 valence electrons. The van der Waals surface area contributed by atoms with Crippen molar-refractivity contribution in [2.75, 3.05) is 23.4 Å². The molecule has 0 spiro atoms. The number of ether oxygens (including phenoxy) is 2. The Morgan fingerprint density at radius 3 is 2.15 bits per heavy atom. The fourth-order valence-electron chi connectivity index (χ4n) is 5.62. The molecule has 1 N–H and O–H groups in total. The molecule has 8 heteroatoms. The number of rotatable bonds is 7. The fraction of sp³-hybridized carbons (Fsp3) is 0.385. The first kappa shape index (κ1) is 22.1. The van der Waals surface area contributed by atoms with E-state index in [1.165, 1.54) is 17.0 Å². The lowest BCUT2D eigenvalue weighted by Gasteiger charge is -2.19. The summed E-state index contributed by atoms with van der Waals surface area (Å²) in [7, 11) is 0. The maximum Gasteiger partial charge on any atom is 0.338 e. The summed E-state index contributed by atoms with van der Waals surface area (Å²) in [4.78, 5) is 51.6. The molecular formula is C26H26N2O6. The topological polar surface area (TPSA) is 102 Å². The van der Waals surface area contributed by atoms with E-state index in [2.05, 4.69) is 5.32 Å². The molecule has 2 bridgehead atoms. The number of amides is 3. The number of carbonyl (C=O) groups excluding carboxylic acids is 4. The molecule has 3 aliphatic rings. The SMILES string of the molecule is CCOc1ccc(NC(=O)COC(=O)c2ccc(N3C(=O)[C@H]4[C@H]5CC[C@@H](C5)[C@@H]4C3=O)cc2)cc1. The number of nitrogens with zero attached hydrogens (tertiary/aromatic N) is 1. The van der Waals surface area contributed by atoms with Crippen molar-refractivity contribution >= 4 is 35.1 Å². The van der Waals surface area contributed by atoms with Crippen LogP contribution in [0.4, 0.5) is 11.4 Å². The molecule has 1 aliphatic heterocycles. The summed E-state index contributed by atoms with van der Waals surface area (Å²) in [5.41, 5.74) is 1.26. The zero-order valence-electron chi connectivity index (χ0n) is 18.9. The number of hydrogen-bond donors (Lipinski definition) is 1. The van der Waals surface area contributed by atoms with Crippen LogP contribution in [0.3, 0.4) is 0 Å². The van der Waals surface area contributed by atoms with E-state index in [1.807, 2.05) is 6.92 Å². The highest BCUT2D eigenvalue weighted by molar-refractivity contribution is 6.22. The molecule has 2 aliphatic carbocycles. The molecule has 1 saturated heterocycles. The number of nitrogens with one attached hydrogen (secondary N) is 1. The van der Waals surface area contributed by atoms with Crippen molar-refractivity contribution in [3.63, 3.8) is 0 Å². The van der Waals surface area contributed by atoms with Crippen molar-refractivity contribution in [1.29, 1.82) is 0 Å². The first-order chi connectivity index (χ1) is 16.5. The Labute approximate surface area is 197 Å². The maximum absolute atomic E-state index is 12.9. The van der Waals surface area contributed by atoms with Gasteiger partial charge in [-0.2, -0.15) is 0 Å². The summed E-state index contributed by atoms with van der Waals surface area (Å²) in [6.45, 7) is 2.00. The number of esters is 1. The van der Waals surface area contributed by atoms with Gasteiger partial charge in [0.1, 0.15) is 5.75 Å². The van der Waals surface area contributed by atoms with E-state index in [4.69, 9.17) is 9.47 Å². The smallest absolute Gasteiger partial charge is 0.338 e. The lowest BCUT2D eigenvalue weighted by molar-refractivity contribution is -0.123. The zero-order chi connectivity index (χ0) is 23.8. The Morgan fingerprint density at radius 1 is 0.941 bits per heavy atom. The Bertz CT molecular complexity index is 1100. The van der Waals surface area contributed by atoms with E-state index in [9.17, 15) is 19.2 Å². The van der Waals surface area contributed by atoms with Crippen LogP contribution in [0.25, 0.3) is 0 Å². The van der Waals surface area contributed by atoms with E-state index in [1.54, 1.807) is 36.4 Å². The maximum atomic E-state index is 12.9. The third-order valence-electron chi connectivity index (χ3n) is 7.07. The molecule has 2 saturated carbocycles. The van der Waals surface area contributed by atoms with Crippen molar-refractivity contribution in [2.24, 2.45) is 23.7 Å². The number of hydrogen-bond acceptors (Lipinski definition) is 6. The van der Waals surface area contributed by atoms with Gasteiger partial charge in [0.25, 0.3) is 5.91 Å². The predicted octanol–water partition coefficient (Wildman–Crippen LogP) is 3.42. The Morgan fingerprint density at radius 2 is 1.56 bits per heavy atom. The molecule has 0 radical (unpaired) electrons. The van der Waals surface area contributed by atoms with Gasteiger partial charge in [0.2, 0.25) is 11.8 Å². The minimum atomic E-state index is -0.664. The third-order valence-corrected chi connectivity index (χ3v) is 7.07. The number of fused-ring (bicyclic) bond motifs is 5. The largest absolute Gasteiger partial charge is 0.494 e. The first-order valence-corrected chi connectivity index (χ1v) is 11.6. The zero-order valence-corrected chi connectivity index (χ0v) is 18.9. The predicted molar refractivity (Wildman–Crippen MR) is 123 cm³/mol. The lowest BCUT2D eigenvalue weighted by Crippen LogP contribution is -2.32. The summed E-state index contributed by atoms with van der Waals surface area (Å²) in [6, 6.07) is 13.0. The fourth-order valence-corrected chi connectivity index (χ4v) is 5.62. The van der Waals surface area contributed by atoms with Crippen molar-refractivity contribution < 1.29 is 28.7 Å². The molecule has 8 nitrogen and oxygen atoms in total. The quantitative estimate of drug-likeness (QED) is 0.500. The summed E-state index contributed by atoms with van der Waals surface area (Å²) in [5, 5.41) is 2.65. The normalized spacial score (nSPS) is 24.8. The molecule has 5 rings (SSSR count). The van der Waals surface area contributed by atoms with Crippen LogP contribution in [-0.2, 0) is 19.1 Å². The van der Waals surface area contributed by atoms with E-state index in [-0.39, 0.29) is 29.2 Å². The Kier molecular flexibility index (Phi) is 5.81. The molecule has 0 unspecified atom stereocenters. The van der Waals surface area contributed by atoms with Crippen molar-refractivity contribution in [3.8, 4) is 5.75 Å². The number of imide groups is 1. The Balaban J connectivity index is 1.16. The van der Waals surface area contributed by atoms with Gasteiger partial charge in [-0.3, -0.25) is 19.3 Å². The van der Waals surface area contributed by atoms with Gasteiger partial charge in [-0.15, -0.1) is 0 Å². The summed E-state index contributed by atoms with van der Waals surface area (Å²) < 4.78 is 10.5.